The van der Waals surface area contributed by atoms with E-state index in [1.54, 1.807) is 18.3 Å². The summed E-state index contributed by atoms with van der Waals surface area (Å²) in [6, 6.07) is 11.9. The first-order valence-electron chi connectivity index (χ1n) is 5.16. The lowest BCUT2D eigenvalue weighted by Gasteiger charge is -2.11. The van der Waals surface area contributed by atoms with Crippen molar-refractivity contribution in [3.63, 3.8) is 0 Å². The molecule has 0 saturated heterocycles. The summed E-state index contributed by atoms with van der Waals surface area (Å²) < 4.78 is 12.7. The Labute approximate surface area is 93.9 Å². The van der Waals surface area contributed by atoms with Crippen LogP contribution in [-0.2, 0) is 6.42 Å². The molecule has 0 bridgehead atoms. The second-order valence-electron chi connectivity index (χ2n) is 3.68. The van der Waals surface area contributed by atoms with Crippen molar-refractivity contribution in [1.29, 1.82) is 0 Å². The molecule has 1 heterocycles. The molecule has 82 valence electrons. The number of aromatic nitrogens is 1. The van der Waals surface area contributed by atoms with Crippen LogP contribution in [0.4, 0.5) is 4.39 Å². The molecular weight excluding hydrogens is 203 g/mol. The van der Waals surface area contributed by atoms with Crippen molar-refractivity contribution >= 4 is 0 Å². The summed E-state index contributed by atoms with van der Waals surface area (Å²) in [7, 11) is 0. The zero-order valence-corrected chi connectivity index (χ0v) is 8.81. The largest absolute Gasteiger partial charge is 0.324 e. The number of halogens is 1. The second-order valence-corrected chi connectivity index (χ2v) is 3.68. The van der Waals surface area contributed by atoms with E-state index in [0.29, 0.717) is 6.42 Å². The fourth-order valence-corrected chi connectivity index (χ4v) is 1.57. The van der Waals surface area contributed by atoms with Crippen LogP contribution >= 0.6 is 0 Å². The van der Waals surface area contributed by atoms with E-state index in [1.807, 2.05) is 18.2 Å². The minimum atomic E-state index is -0.242. The molecule has 0 spiro atoms. The van der Waals surface area contributed by atoms with Crippen molar-refractivity contribution in [3.8, 4) is 0 Å². The van der Waals surface area contributed by atoms with Crippen LogP contribution < -0.4 is 5.73 Å². The molecule has 2 N–H and O–H groups in total. The van der Waals surface area contributed by atoms with Gasteiger partial charge in [0.1, 0.15) is 5.82 Å². The van der Waals surface area contributed by atoms with Gasteiger partial charge in [-0.3, -0.25) is 4.98 Å². The van der Waals surface area contributed by atoms with Gasteiger partial charge < -0.3 is 5.73 Å². The maximum absolute atomic E-state index is 12.7. The third kappa shape index (κ3) is 2.64. The lowest BCUT2D eigenvalue weighted by Crippen LogP contribution is -2.13. The van der Waals surface area contributed by atoms with E-state index in [2.05, 4.69) is 4.98 Å². The summed E-state index contributed by atoms with van der Waals surface area (Å²) in [6.45, 7) is 0. The van der Waals surface area contributed by atoms with E-state index in [9.17, 15) is 4.39 Å². The zero-order chi connectivity index (χ0) is 11.4. The van der Waals surface area contributed by atoms with Gasteiger partial charge in [-0.15, -0.1) is 0 Å². The minimum Gasteiger partial charge on any atom is -0.324 e. The second kappa shape index (κ2) is 4.86. The monoisotopic (exact) mass is 216 g/mol. The molecule has 0 aliphatic rings. The normalized spacial score (nSPS) is 12.4. The van der Waals surface area contributed by atoms with Crippen LogP contribution in [0.15, 0.2) is 48.7 Å². The number of hydrogen-bond acceptors (Lipinski definition) is 2. The molecule has 0 amide bonds. The average Bonchev–Trinajstić information content (AvgIpc) is 2.31. The highest BCUT2D eigenvalue weighted by atomic mass is 19.1. The van der Waals surface area contributed by atoms with Crippen molar-refractivity contribution in [1.82, 2.24) is 4.98 Å². The zero-order valence-electron chi connectivity index (χ0n) is 8.81. The molecule has 16 heavy (non-hydrogen) atoms. The molecule has 1 aromatic heterocycles. The quantitative estimate of drug-likeness (QED) is 0.856. The number of hydrogen-bond donors (Lipinski definition) is 1. The number of nitrogens with zero attached hydrogens (tertiary/aromatic N) is 1. The van der Waals surface area contributed by atoms with Gasteiger partial charge in [0.2, 0.25) is 0 Å². The van der Waals surface area contributed by atoms with Crippen LogP contribution in [-0.4, -0.2) is 4.98 Å². The summed E-state index contributed by atoms with van der Waals surface area (Å²) in [5.41, 5.74) is 7.88. The van der Waals surface area contributed by atoms with E-state index in [-0.39, 0.29) is 11.9 Å². The molecule has 0 aliphatic carbocycles. The van der Waals surface area contributed by atoms with Gasteiger partial charge >= 0.3 is 0 Å². The van der Waals surface area contributed by atoms with Crippen LogP contribution in [0.5, 0.6) is 0 Å². The molecule has 0 saturated carbocycles. The standard InChI is InChI=1S/C13H13FN2/c14-11-6-4-10(5-7-11)13(15)9-12-3-1-2-8-16-12/h1-8,13H,9,15H2. The lowest BCUT2D eigenvalue weighted by atomic mass is 10.0. The SMILES string of the molecule is NC(Cc1ccccn1)c1ccc(F)cc1. The number of rotatable bonds is 3. The van der Waals surface area contributed by atoms with Gasteiger partial charge in [0.15, 0.2) is 0 Å². The molecule has 3 heteroatoms. The summed E-state index contributed by atoms with van der Waals surface area (Å²) in [4.78, 5) is 4.21. The molecule has 2 nitrogen and oxygen atoms in total. The maximum atomic E-state index is 12.7. The lowest BCUT2D eigenvalue weighted by molar-refractivity contribution is 0.624. The first kappa shape index (κ1) is 10.8. The fraction of sp³-hybridized carbons (Fsp3) is 0.154. The van der Waals surface area contributed by atoms with Gasteiger partial charge in [0, 0.05) is 24.4 Å². The van der Waals surface area contributed by atoms with Crippen molar-refractivity contribution in [2.75, 3.05) is 0 Å². The van der Waals surface area contributed by atoms with Crippen LogP contribution in [0.2, 0.25) is 0 Å². The summed E-state index contributed by atoms with van der Waals surface area (Å²) >= 11 is 0. The van der Waals surface area contributed by atoms with Gasteiger partial charge in [-0.25, -0.2) is 4.39 Å². The van der Waals surface area contributed by atoms with Gasteiger partial charge in [-0.1, -0.05) is 18.2 Å². The molecule has 1 atom stereocenters. The smallest absolute Gasteiger partial charge is 0.123 e. The van der Waals surface area contributed by atoms with Gasteiger partial charge in [-0.05, 0) is 29.8 Å². The highest BCUT2D eigenvalue weighted by Crippen LogP contribution is 2.15. The number of pyridine rings is 1. The van der Waals surface area contributed by atoms with Crippen molar-refractivity contribution < 1.29 is 4.39 Å². The predicted octanol–water partition coefficient (Wildman–Crippen LogP) is 2.46. The Morgan fingerprint density at radius 2 is 1.88 bits per heavy atom. The molecule has 1 unspecified atom stereocenters. The van der Waals surface area contributed by atoms with Crippen molar-refractivity contribution in [2.45, 2.75) is 12.5 Å². The third-order valence-corrected chi connectivity index (χ3v) is 2.45. The average molecular weight is 216 g/mol. The number of benzene rings is 1. The molecule has 2 aromatic rings. The van der Waals surface area contributed by atoms with Gasteiger partial charge in [0.25, 0.3) is 0 Å². The summed E-state index contributed by atoms with van der Waals surface area (Å²) in [5.74, 6) is -0.242. The minimum absolute atomic E-state index is 0.143. The summed E-state index contributed by atoms with van der Waals surface area (Å²) in [5, 5.41) is 0. The number of nitrogens with two attached hydrogens (primary N) is 1. The van der Waals surface area contributed by atoms with Crippen LogP contribution in [0.1, 0.15) is 17.3 Å². The maximum Gasteiger partial charge on any atom is 0.123 e. The van der Waals surface area contributed by atoms with Crippen molar-refractivity contribution in [2.24, 2.45) is 5.73 Å². The Bertz CT molecular complexity index is 439. The van der Waals surface area contributed by atoms with Crippen LogP contribution in [0, 0.1) is 5.82 Å². The Balaban J connectivity index is 2.09. The Hall–Kier alpha value is -1.74. The van der Waals surface area contributed by atoms with Gasteiger partial charge in [0.05, 0.1) is 0 Å². The van der Waals surface area contributed by atoms with E-state index in [1.165, 1.54) is 12.1 Å². The fourth-order valence-electron chi connectivity index (χ4n) is 1.57. The first-order chi connectivity index (χ1) is 7.75. The predicted molar refractivity (Wildman–Crippen MR) is 61.3 cm³/mol. The molecule has 0 fully saturated rings. The first-order valence-corrected chi connectivity index (χ1v) is 5.16. The van der Waals surface area contributed by atoms with Gasteiger partial charge in [-0.2, -0.15) is 0 Å². The Morgan fingerprint density at radius 3 is 2.50 bits per heavy atom. The molecule has 0 radical (unpaired) electrons. The molecule has 0 aliphatic heterocycles. The third-order valence-electron chi connectivity index (χ3n) is 2.45. The topological polar surface area (TPSA) is 38.9 Å². The highest BCUT2D eigenvalue weighted by Gasteiger charge is 2.07. The molecular formula is C13H13FN2. The highest BCUT2D eigenvalue weighted by molar-refractivity contribution is 5.21. The van der Waals surface area contributed by atoms with E-state index < -0.39 is 0 Å². The van der Waals surface area contributed by atoms with E-state index in [0.717, 1.165) is 11.3 Å². The Morgan fingerprint density at radius 1 is 1.12 bits per heavy atom. The van der Waals surface area contributed by atoms with Crippen molar-refractivity contribution in [3.05, 3.63) is 65.7 Å². The Kier molecular flexibility index (Phi) is 3.27. The van der Waals surface area contributed by atoms with Crippen LogP contribution in [0.25, 0.3) is 0 Å². The van der Waals surface area contributed by atoms with E-state index in [4.69, 9.17) is 5.73 Å². The molecule has 2 rings (SSSR count). The molecule has 1 aromatic carbocycles. The summed E-state index contributed by atoms with van der Waals surface area (Å²) in [6.07, 6.45) is 2.40. The van der Waals surface area contributed by atoms with E-state index >= 15 is 0 Å². The van der Waals surface area contributed by atoms with Crippen LogP contribution in [0.3, 0.4) is 0 Å².